The summed E-state index contributed by atoms with van der Waals surface area (Å²) in [4.78, 5) is 0. The van der Waals surface area contributed by atoms with E-state index in [9.17, 15) is 5.11 Å². The first kappa shape index (κ1) is 11.0. The van der Waals surface area contributed by atoms with Gasteiger partial charge in [0.2, 0.25) is 0 Å². The smallest absolute Gasteiger partial charge is 0.115 e. The lowest BCUT2D eigenvalue weighted by molar-refractivity contribution is 0.101. The van der Waals surface area contributed by atoms with Crippen LogP contribution in [-0.4, -0.2) is 5.11 Å². The minimum atomic E-state index is -0.995. The molecule has 2 rings (SSSR count). The third kappa shape index (κ3) is 1.76. The molecule has 0 fully saturated rings. The van der Waals surface area contributed by atoms with Crippen LogP contribution >= 0.6 is 0 Å². The molecule has 1 aromatic carbocycles. The third-order valence-electron chi connectivity index (χ3n) is 2.99. The summed E-state index contributed by atoms with van der Waals surface area (Å²) in [7, 11) is 0. The summed E-state index contributed by atoms with van der Waals surface area (Å²) < 4.78 is 5.03. The Hall–Kier alpha value is -1.54. The molecule has 0 amide bonds. The van der Waals surface area contributed by atoms with Gasteiger partial charge in [0.15, 0.2) is 0 Å². The zero-order valence-electron chi connectivity index (χ0n) is 9.82. The molecule has 2 heteroatoms. The number of aliphatic hydroxyl groups is 1. The summed E-state index contributed by atoms with van der Waals surface area (Å²) in [6, 6.07) is 7.84. The van der Waals surface area contributed by atoms with Gasteiger partial charge in [-0.2, -0.15) is 0 Å². The highest BCUT2D eigenvalue weighted by molar-refractivity contribution is 5.40. The van der Waals surface area contributed by atoms with Gasteiger partial charge in [-0.05, 0) is 38.0 Å². The molecule has 0 saturated carbocycles. The van der Waals surface area contributed by atoms with Crippen molar-refractivity contribution in [1.29, 1.82) is 0 Å². The summed E-state index contributed by atoms with van der Waals surface area (Å²) in [5, 5.41) is 10.6. The number of hydrogen-bond acceptors (Lipinski definition) is 2. The molecule has 84 valence electrons. The average Bonchev–Trinajstić information content (AvgIpc) is 2.69. The van der Waals surface area contributed by atoms with Crippen molar-refractivity contribution in [2.24, 2.45) is 0 Å². The summed E-state index contributed by atoms with van der Waals surface area (Å²) in [6.07, 6.45) is 3.16. The van der Waals surface area contributed by atoms with Crippen LogP contribution in [0.1, 0.15) is 29.2 Å². The Balaban J connectivity index is 2.51. The molecule has 16 heavy (non-hydrogen) atoms. The minimum absolute atomic E-state index is 0.777. The Bertz CT molecular complexity index is 481. The Morgan fingerprint density at radius 2 is 1.94 bits per heavy atom. The van der Waals surface area contributed by atoms with Gasteiger partial charge in [0.05, 0.1) is 12.5 Å². The first-order valence-corrected chi connectivity index (χ1v) is 5.34. The van der Waals surface area contributed by atoms with Crippen molar-refractivity contribution in [1.82, 2.24) is 0 Å². The lowest BCUT2D eigenvalue weighted by Gasteiger charge is -2.24. The molecule has 1 N–H and O–H groups in total. The zero-order valence-corrected chi connectivity index (χ0v) is 9.82. The highest BCUT2D eigenvalue weighted by Gasteiger charge is 2.28. The van der Waals surface area contributed by atoms with Gasteiger partial charge in [-0.25, -0.2) is 0 Å². The second-order valence-corrected chi connectivity index (χ2v) is 4.40. The predicted molar refractivity (Wildman–Crippen MR) is 63.3 cm³/mol. The molecule has 0 aliphatic rings. The summed E-state index contributed by atoms with van der Waals surface area (Å²) >= 11 is 0. The van der Waals surface area contributed by atoms with Crippen molar-refractivity contribution in [3.63, 3.8) is 0 Å². The van der Waals surface area contributed by atoms with E-state index in [0.717, 1.165) is 16.7 Å². The van der Waals surface area contributed by atoms with E-state index in [2.05, 4.69) is 6.07 Å². The fourth-order valence-electron chi connectivity index (χ4n) is 2.06. The molecule has 0 saturated heterocycles. The molecule has 0 bridgehead atoms. The second-order valence-electron chi connectivity index (χ2n) is 4.40. The lowest BCUT2D eigenvalue weighted by Crippen LogP contribution is -2.23. The van der Waals surface area contributed by atoms with Crippen LogP contribution in [0.4, 0.5) is 0 Å². The normalized spacial score (nSPS) is 14.8. The highest BCUT2D eigenvalue weighted by Crippen LogP contribution is 2.31. The molecule has 1 atom stereocenters. The molecule has 1 unspecified atom stereocenters. The number of hydrogen-bond donors (Lipinski definition) is 1. The Labute approximate surface area is 95.5 Å². The number of benzene rings is 1. The van der Waals surface area contributed by atoms with Crippen molar-refractivity contribution in [3.8, 4) is 0 Å². The molecular formula is C14H16O2. The van der Waals surface area contributed by atoms with E-state index in [0.29, 0.717) is 0 Å². The maximum Gasteiger partial charge on any atom is 0.115 e. The summed E-state index contributed by atoms with van der Waals surface area (Å²) in [5.41, 5.74) is 2.99. The molecule has 1 heterocycles. The number of rotatable bonds is 2. The van der Waals surface area contributed by atoms with Gasteiger partial charge in [0, 0.05) is 5.56 Å². The first-order chi connectivity index (χ1) is 7.51. The van der Waals surface area contributed by atoms with Crippen molar-refractivity contribution in [2.75, 3.05) is 0 Å². The van der Waals surface area contributed by atoms with Gasteiger partial charge >= 0.3 is 0 Å². The molecule has 0 spiro atoms. The van der Waals surface area contributed by atoms with Gasteiger partial charge in [-0.15, -0.1) is 0 Å². The van der Waals surface area contributed by atoms with Crippen LogP contribution in [-0.2, 0) is 5.60 Å². The maximum atomic E-state index is 10.6. The predicted octanol–water partition coefficient (Wildman–Crippen LogP) is 3.15. The van der Waals surface area contributed by atoms with Crippen molar-refractivity contribution in [2.45, 2.75) is 26.4 Å². The first-order valence-electron chi connectivity index (χ1n) is 5.34. The van der Waals surface area contributed by atoms with Crippen LogP contribution in [0, 0.1) is 13.8 Å². The van der Waals surface area contributed by atoms with E-state index in [-0.39, 0.29) is 0 Å². The molecular weight excluding hydrogens is 200 g/mol. The lowest BCUT2D eigenvalue weighted by atomic mass is 9.86. The number of furan rings is 1. The molecule has 0 aliphatic carbocycles. The minimum Gasteiger partial charge on any atom is -0.472 e. The van der Waals surface area contributed by atoms with Crippen LogP contribution < -0.4 is 0 Å². The second kappa shape index (κ2) is 3.80. The van der Waals surface area contributed by atoms with E-state index in [1.807, 2.05) is 26.0 Å². The Kier molecular flexibility index (Phi) is 2.60. The van der Waals surface area contributed by atoms with Gasteiger partial charge in [-0.3, -0.25) is 0 Å². The van der Waals surface area contributed by atoms with Crippen LogP contribution in [0.25, 0.3) is 0 Å². The van der Waals surface area contributed by atoms with Crippen LogP contribution in [0.2, 0.25) is 0 Å². The van der Waals surface area contributed by atoms with Gasteiger partial charge < -0.3 is 9.52 Å². The van der Waals surface area contributed by atoms with E-state index >= 15 is 0 Å². The van der Waals surface area contributed by atoms with E-state index in [1.54, 1.807) is 25.5 Å². The van der Waals surface area contributed by atoms with E-state index in [1.165, 1.54) is 5.56 Å². The van der Waals surface area contributed by atoms with Crippen molar-refractivity contribution < 1.29 is 9.52 Å². The Morgan fingerprint density at radius 3 is 2.50 bits per heavy atom. The van der Waals surface area contributed by atoms with Crippen LogP contribution in [0.15, 0.2) is 41.2 Å². The Morgan fingerprint density at radius 1 is 1.19 bits per heavy atom. The van der Waals surface area contributed by atoms with Crippen LogP contribution in [0.3, 0.4) is 0 Å². The molecule has 2 aromatic rings. The van der Waals surface area contributed by atoms with Crippen LogP contribution in [0.5, 0.6) is 0 Å². The van der Waals surface area contributed by atoms with Gasteiger partial charge in [-0.1, -0.05) is 23.8 Å². The zero-order chi connectivity index (χ0) is 11.8. The average molecular weight is 216 g/mol. The van der Waals surface area contributed by atoms with Crippen molar-refractivity contribution in [3.05, 3.63) is 59.0 Å². The summed E-state index contributed by atoms with van der Waals surface area (Å²) in [6.45, 7) is 5.84. The molecule has 1 aromatic heterocycles. The van der Waals surface area contributed by atoms with E-state index < -0.39 is 5.60 Å². The fourth-order valence-corrected chi connectivity index (χ4v) is 2.06. The largest absolute Gasteiger partial charge is 0.472 e. The monoisotopic (exact) mass is 216 g/mol. The topological polar surface area (TPSA) is 33.4 Å². The highest BCUT2D eigenvalue weighted by atomic mass is 16.3. The summed E-state index contributed by atoms with van der Waals surface area (Å²) in [5.74, 6) is 0. The maximum absolute atomic E-state index is 10.6. The van der Waals surface area contributed by atoms with Crippen molar-refractivity contribution >= 4 is 0 Å². The van der Waals surface area contributed by atoms with E-state index in [4.69, 9.17) is 4.42 Å². The molecule has 0 radical (unpaired) electrons. The molecule has 2 nitrogen and oxygen atoms in total. The quantitative estimate of drug-likeness (QED) is 0.836. The number of aryl methyl sites for hydroxylation is 2. The standard InChI is InChI=1S/C14H16O2/c1-10-4-5-13(11(2)8-10)14(3,15)12-6-7-16-9-12/h4-9,15H,1-3H3. The molecule has 0 aliphatic heterocycles. The third-order valence-corrected chi connectivity index (χ3v) is 2.99. The fraction of sp³-hybridized carbons (Fsp3) is 0.286. The SMILES string of the molecule is Cc1ccc(C(C)(O)c2ccoc2)c(C)c1. The van der Waals surface area contributed by atoms with Gasteiger partial charge in [0.1, 0.15) is 5.60 Å². The van der Waals surface area contributed by atoms with Gasteiger partial charge in [0.25, 0.3) is 0 Å².